The van der Waals surface area contributed by atoms with E-state index in [-0.39, 0.29) is 5.91 Å². The van der Waals surface area contributed by atoms with Crippen LogP contribution in [0.5, 0.6) is 0 Å². The van der Waals surface area contributed by atoms with Crippen LogP contribution in [-0.4, -0.2) is 5.91 Å². The lowest BCUT2D eigenvalue weighted by Gasteiger charge is -2.01. The molecule has 0 spiro atoms. The number of hydrogen-bond acceptors (Lipinski definition) is 1. The van der Waals surface area contributed by atoms with E-state index in [4.69, 9.17) is 0 Å². The van der Waals surface area contributed by atoms with Crippen molar-refractivity contribution in [3.63, 3.8) is 0 Å². The maximum absolute atomic E-state index is 10.8. The van der Waals surface area contributed by atoms with Gasteiger partial charge in [-0.3, -0.25) is 5.73 Å². The van der Waals surface area contributed by atoms with E-state index in [0.29, 0.717) is 6.42 Å². The highest BCUT2D eigenvalue weighted by molar-refractivity contribution is 5.83. The molecular weight excluding hydrogens is 186 g/mol. The summed E-state index contributed by atoms with van der Waals surface area (Å²) >= 11 is 0. The summed E-state index contributed by atoms with van der Waals surface area (Å²) in [5.41, 5.74) is 4.58. The van der Waals surface area contributed by atoms with Crippen LogP contribution in [0.4, 0.5) is 0 Å². The number of aryl methyl sites for hydroxylation is 1. The van der Waals surface area contributed by atoms with Gasteiger partial charge in [0.1, 0.15) is 0 Å². The lowest BCUT2D eigenvalue weighted by Crippen LogP contribution is -2.56. The Morgan fingerprint density at radius 1 is 1.07 bits per heavy atom. The molecule has 0 aliphatic carbocycles. The molecule has 0 aliphatic rings. The SMILES string of the molecule is [NH3+]C(=O)CCc1ccc2ccccc2c1. The zero-order valence-electron chi connectivity index (χ0n) is 8.57. The fraction of sp³-hybridized carbons (Fsp3) is 0.154. The summed E-state index contributed by atoms with van der Waals surface area (Å²) in [6.45, 7) is 0. The first-order valence-electron chi connectivity index (χ1n) is 5.08. The van der Waals surface area contributed by atoms with E-state index < -0.39 is 0 Å². The third kappa shape index (κ3) is 2.42. The van der Waals surface area contributed by atoms with Crippen LogP contribution >= 0.6 is 0 Å². The summed E-state index contributed by atoms with van der Waals surface area (Å²) in [7, 11) is 0. The van der Waals surface area contributed by atoms with Crippen LogP contribution in [0.3, 0.4) is 0 Å². The van der Waals surface area contributed by atoms with Gasteiger partial charge in [0.2, 0.25) is 0 Å². The highest BCUT2D eigenvalue weighted by Crippen LogP contribution is 2.16. The Bertz CT molecular complexity index is 491. The fourth-order valence-electron chi connectivity index (χ4n) is 1.68. The van der Waals surface area contributed by atoms with Crippen molar-refractivity contribution in [3.05, 3.63) is 48.0 Å². The minimum Gasteiger partial charge on any atom is -0.295 e. The molecule has 2 aromatic rings. The van der Waals surface area contributed by atoms with Gasteiger partial charge in [0.05, 0.1) is 6.42 Å². The lowest BCUT2D eigenvalue weighted by molar-refractivity contribution is -0.305. The summed E-state index contributed by atoms with van der Waals surface area (Å²) in [6, 6.07) is 14.5. The second kappa shape index (κ2) is 4.24. The molecule has 2 heteroatoms. The molecule has 0 unspecified atom stereocenters. The Balaban J connectivity index is 2.26. The maximum atomic E-state index is 10.8. The third-order valence-corrected chi connectivity index (χ3v) is 2.51. The first kappa shape index (κ1) is 9.87. The van der Waals surface area contributed by atoms with E-state index in [2.05, 4.69) is 36.1 Å². The Kier molecular flexibility index (Phi) is 2.79. The number of carbonyl (C=O) groups excluding carboxylic acids is 1. The molecule has 0 saturated heterocycles. The van der Waals surface area contributed by atoms with Gasteiger partial charge in [-0.25, -0.2) is 4.79 Å². The highest BCUT2D eigenvalue weighted by Gasteiger charge is 2.00. The topological polar surface area (TPSA) is 44.7 Å². The summed E-state index contributed by atoms with van der Waals surface area (Å²) < 4.78 is 0. The van der Waals surface area contributed by atoms with Crippen LogP contribution in [0, 0.1) is 0 Å². The second-order valence-electron chi connectivity index (χ2n) is 3.72. The molecule has 0 atom stereocenters. The van der Waals surface area contributed by atoms with Gasteiger partial charge in [0.15, 0.2) is 0 Å². The number of hydrogen-bond donors (Lipinski definition) is 1. The molecule has 1 amide bonds. The van der Waals surface area contributed by atoms with Gasteiger partial charge in [0.25, 0.3) is 0 Å². The standard InChI is InChI=1S/C13H13NO/c14-13(15)8-6-10-5-7-11-3-1-2-4-12(11)9-10/h1-5,7,9H,6,8H2,(H2,14,15)/p+1. The molecule has 0 saturated carbocycles. The first-order chi connectivity index (χ1) is 7.25. The van der Waals surface area contributed by atoms with Crippen molar-refractivity contribution < 1.29 is 10.5 Å². The van der Waals surface area contributed by atoms with Crippen molar-refractivity contribution >= 4 is 16.7 Å². The minimum absolute atomic E-state index is 0.00292. The molecule has 0 fully saturated rings. The zero-order valence-corrected chi connectivity index (χ0v) is 8.57. The summed E-state index contributed by atoms with van der Waals surface area (Å²) in [5, 5.41) is 2.47. The van der Waals surface area contributed by atoms with Crippen LogP contribution in [0.15, 0.2) is 42.5 Å². The zero-order chi connectivity index (χ0) is 10.7. The van der Waals surface area contributed by atoms with Gasteiger partial charge >= 0.3 is 5.91 Å². The van der Waals surface area contributed by atoms with E-state index in [9.17, 15) is 4.79 Å². The Morgan fingerprint density at radius 3 is 2.53 bits per heavy atom. The summed E-state index contributed by atoms with van der Waals surface area (Å²) in [5.74, 6) is 0.00292. The minimum atomic E-state index is 0.00292. The molecule has 0 radical (unpaired) electrons. The molecule has 0 heterocycles. The number of amides is 1. The Labute approximate surface area is 88.7 Å². The first-order valence-corrected chi connectivity index (χ1v) is 5.08. The number of rotatable bonds is 3. The quantitative estimate of drug-likeness (QED) is 0.802. The van der Waals surface area contributed by atoms with E-state index in [1.165, 1.54) is 16.3 Å². The smallest absolute Gasteiger partial charge is 0.295 e. The van der Waals surface area contributed by atoms with Crippen molar-refractivity contribution in [2.75, 3.05) is 0 Å². The second-order valence-corrected chi connectivity index (χ2v) is 3.72. The van der Waals surface area contributed by atoms with Gasteiger partial charge in [0, 0.05) is 0 Å². The predicted octanol–water partition coefficient (Wildman–Crippen LogP) is 1.54. The number of quaternary nitrogens is 1. The molecule has 0 aromatic heterocycles. The maximum Gasteiger partial charge on any atom is 0.309 e. The van der Waals surface area contributed by atoms with Crippen LogP contribution in [0.2, 0.25) is 0 Å². The van der Waals surface area contributed by atoms with Gasteiger partial charge in [-0.15, -0.1) is 0 Å². The Morgan fingerprint density at radius 2 is 1.80 bits per heavy atom. The van der Waals surface area contributed by atoms with E-state index in [1.807, 2.05) is 12.1 Å². The Hall–Kier alpha value is -1.67. The van der Waals surface area contributed by atoms with Crippen molar-refractivity contribution in [3.8, 4) is 0 Å². The number of carbonyl (C=O) groups is 1. The van der Waals surface area contributed by atoms with Crippen LogP contribution in [0.1, 0.15) is 12.0 Å². The molecule has 15 heavy (non-hydrogen) atoms. The van der Waals surface area contributed by atoms with Gasteiger partial charge in [-0.05, 0) is 22.8 Å². The average Bonchev–Trinajstić information content (AvgIpc) is 2.26. The largest absolute Gasteiger partial charge is 0.309 e. The van der Waals surface area contributed by atoms with Gasteiger partial charge < -0.3 is 0 Å². The number of fused-ring (bicyclic) bond motifs is 1. The number of benzene rings is 2. The molecule has 0 bridgehead atoms. The van der Waals surface area contributed by atoms with E-state index >= 15 is 0 Å². The molecule has 2 aromatic carbocycles. The van der Waals surface area contributed by atoms with Crippen molar-refractivity contribution in [1.29, 1.82) is 0 Å². The van der Waals surface area contributed by atoms with Crippen molar-refractivity contribution in [1.82, 2.24) is 0 Å². The van der Waals surface area contributed by atoms with Crippen LogP contribution in [-0.2, 0) is 11.2 Å². The summed E-state index contributed by atoms with van der Waals surface area (Å²) in [6.07, 6.45) is 1.31. The molecular formula is C13H14NO+. The molecule has 2 nitrogen and oxygen atoms in total. The normalized spacial score (nSPS) is 10.5. The predicted molar refractivity (Wildman–Crippen MR) is 60.2 cm³/mol. The van der Waals surface area contributed by atoms with Crippen molar-refractivity contribution in [2.24, 2.45) is 0 Å². The molecule has 2 rings (SSSR count). The third-order valence-electron chi connectivity index (χ3n) is 2.51. The molecule has 0 aliphatic heterocycles. The van der Waals surface area contributed by atoms with Gasteiger partial charge in [-0.1, -0.05) is 42.5 Å². The highest BCUT2D eigenvalue weighted by atomic mass is 16.1. The van der Waals surface area contributed by atoms with E-state index in [0.717, 1.165) is 6.42 Å². The lowest BCUT2D eigenvalue weighted by atomic mass is 10.0. The molecule has 3 N–H and O–H groups in total. The monoisotopic (exact) mass is 200 g/mol. The van der Waals surface area contributed by atoms with Crippen molar-refractivity contribution in [2.45, 2.75) is 12.8 Å². The average molecular weight is 200 g/mol. The van der Waals surface area contributed by atoms with Crippen LogP contribution in [0.25, 0.3) is 10.8 Å². The summed E-state index contributed by atoms with van der Waals surface area (Å²) in [4.78, 5) is 10.8. The van der Waals surface area contributed by atoms with Gasteiger partial charge in [-0.2, -0.15) is 0 Å². The van der Waals surface area contributed by atoms with Crippen LogP contribution < -0.4 is 5.73 Å². The molecule has 76 valence electrons. The van der Waals surface area contributed by atoms with E-state index in [1.54, 1.807) is 0 Å². The fourth-order valence-corrected chi connectivity index (χ4v) is 1.68.